The van der Waals surface area contributed by atoms with Gasteiger partial charge in [0.15, 0.2) is 0 Å². The van der Waals surface area contributed by atoms with Crippen LogP contribution in [0.5, 0.6) is 0 Å². The Balaban J connectivity index is 1.60. The van der Waals surface area contributed by atoms with Crippen LogP contribution >= 0.6 is 27.7 Å². The second-order valence-corrected chi connectivity index (χ2v) is 9.34. The molecule has 0 spiro atoms. The van der Waals surface area contributed by atoms with Crippen molar-refractivity contribution in [2.45, 2.75) is 29.3 Å². The first-order chi connectivity index (χ1) is 12.8. The van der Waals surface area contributed by atoms with Gasteiger partial charge in [-0.25, -0.2) is 8.78 Å². The van der Waals surface area contributed by atoms with E-state index in [4.69, 9.17) is 0 Å². The average Bonchev–Trinajstić information content (AvgIpc) is 3.13. The summed E-state index contributed by atoms with van der Waals surface area (Å²) >= 11 is 4.99. The number of hydrogen-bond donors (Lipinski definition) is 0. The number of rotatable bonds is 5. The largest absolute Gasteiger partial charge is 0.375 e. The van der Waals surface area contributed by atoms with Crippen molar-refractivity contribution in [3.63, 3.8) is 0 Å². The third-order valence-corrected chi connectivity index (χ3v) is 8.06. The lowest BCUT2D eigenvalue weighted by molar-refractivity contribution is 0.0940. The number of thioether (sulfide) groups is 1. The maximum Gasteiger partial charge on any atom is 0.286 e. The number of benzene rings is 1. The lowest BCUT2D eigenvalue weighted by atomic mass is 9.94. The van der Waals surface area contributed by atoms with E-state index in [1.807, 2.05) is 18.2 Å². The van der Waals surface area contributed by atoms with Crippen LogP contribution in [0.15, 0.2) is 42.1 Å². The maximum absolute atomic E-state index is 13.3. The SMILES string of the molecule is CCN(C)c1cccc(C2=CC=C3C(SC(=O)N3CC3CC3(F)F)C2Br)c1. The summed E-state index contributed by atoms with van der Waals surface area (Å²) in [5, 5.41) is -0.218. The van der Waals surface area contributed by atoms with E-state index in [2.05, 4.69) is 53.0 Å². The number of allylic oxidation sites excluding steroid dienone is 3. The Hall–Kier alpha value is -1.34. The molecule has 1 aromatic carbocycles. The van der Waals surface area contributed by atoms with Crippen LogP contribution < -0.4 is 4.90 Å². The Morgan fingerprint density at radius 2 is 2.11 bits per heavy atom. The molecular formula is C20H21BrF2N2OS. The minimum absolute atomic E-state index is 0.0432. The van der Waals surface area contributed by atoms with Crippen LogP contribution in [0.2, 0.25) is 0 Å². The van der Waals surface area contributed by atoms with Gasteiger partial charge >= 0.3 is 0 Å². The highest BCUT2D eigenvalue weighted by atomic mass is 79.9. The van der Waals surface area contributed by atoms with E-state index in [-0.39, 0.29) is 28.3 Å². The zero-order chi connectivity index (χ0) is 19.3. The summed E-state index contributed by atoms with van der Waals surface area (Å²) in [5.74, 6) is -3.32. The maximum atomic E-state index is 13.3. The van der Waals surface area contributed by atoms with Gasteiger partial charge < -0.3 is 9.80 Å². The van der Waals surface area contributed by atoms with Crippen molar-refractivity contribution in [3.8, 4) is 0 Å². The first kappa shape index (κ1) is 19.0. The van der Waals surface area contributed by atoms with Gasteiger partial charge in [-0.15, -0.1) is 0 Å². The Morgan fingerprint density at radius 1 is 1.37 bits per heavy atom. The molecule has 3 atom stereocenters. The Labute approximate surface area is 170 Å². The van der Waals surface area contributed by atoms with Crippen molar-refractivity contribution in [1.29, 1.82) is 0 Å². The number of fused-ring (bicyclic) bond motifs is 1. The zero-order valence-corrected chi connectivity index (χ0v) is 17.6. The minimum atomic E-state index is -2.61. The van der Waals surface area contributed by atoms with Gasteiger partial charge in [-0.2, -0.15) is 0 Å². The highest BCUT2D eigenvalue weighted by Gasteiger charge is 2.58. The monoisotopic (exact) mass is 454 g/mol. The number of alkyl halides is 3. The standard InChI is InChI=1S/C20H21BrF2N2OS/c1-3-24(2)14-6-4-5-12(9-14)15-7-8-16-18(17(15)21)27-19(26)25(16)11-13-10-20(13,22)23/h4-9,13,17-18H,3,10-11H2,1-2H3. The van der Waals surface area contributed by atoms with Crippen molar-refractivity contribution >= 4 is 44.2 Å². The molecule has 3 unspecified atom stereocenters. The van der Waals surface area contributed by atoms with Crippen molar-refractivity contribution in [3.05, 3.63) is 47.7 Å². The second-order valence-electron chi connectivity index (χ2n) is 7.26. The minimum Gasteiger partial charge on any atom is -0.375 e. The predicted octanol–water partition coefficient (Wildman–Crippen LogP) is 5.38. The summed E-state index contributed by atoms with van der Waals surface area (Å²) in [6, 6.07) is 8.32. The van der Waals surface area contributed by atoms with Crippen LogP contribution in [0.25, 0.3) is 5.57 Å². The molecular weight excluding hydrogens is 434 g/mol. The fraction of sp³-hybridized carbons (Fsp3) is 0.450. The summed E-state index contributed by atoms with van der Waals surface area (Å²) in [4.78, 5) is 16.1. The summed E-state index contributed by atoms with van der Waals surface area (Å²) in [6.07, 6.45) is 3.82. The molecule has 2 fully saturated rings. The van der Waals surface area contributed by atoms with Gasteiger partial charge in [0.2, 0.25) is 0 Å². The molecule has 27 heavy (non-hydrogen) atoms. The molecule has 0 bridgehead atoms. The number of carbonyl (C=O) groups excluding carboxylic acids is 1. The van der Waals surface area contributed by atoms with Crippen LogP contribution in [0.3, 0.4) is 0 Å². The van der Waals surface area contributed by atoms with Crippen molar-refractivity contribution in [1.82, 2.24) is 4.90 Å². The summed E-state index contributed by atoms with van der Waals surface area (Å²) in [6.45, 7) is 3.13. The van der Waals surface area contributed by atoms with Gasteiger partial charge in [0, 0.05) is 43.9 Å². The van der Waals surface area contributed by atoms with E-state index in [0.717, 1.165) is 29.1 Å². The molecule has 3 nitrogen and oxygen atoms in total. The van der Waals surface area contributed by atoms with E-state index in [1.165, 1.54) is 11.8 Å². The number of anilines is 1. The van der Waals surface area contributed by atoms with Crippen LogP contribution in [0.1, 0.15) is 18.9 Å². The van der Waals surface area contributed by atoms with Crippen LogP contribution in [-0.4, -0.2) is 46.3 Å². The fourth-order valence-electron chi connectivity index (χ4n) is 3.55. The molecule has 144 valence electrons. The number of nitrogens with zero attached hydrogens (tertiary/aromatic N) is 2. The first-order valence-corrected chi connectivity index (χ1v) is 10.8. The number of carbonyl (C=O) groups is 1. The molecule has 7 heteroatoms. The van der Waals surface area contributed by atoms with Gasteiger partial charge in [-0.3, -0.25) is 4.79 Å². The van der Waals surface area contributed by atoms with E-state index >= 15 is 0 Å². The Bertz CT molecular complexity index is 841. The molecule has 1 heterocycles. The molecule has 2 aliphatic carbocycles. The number of halogens is 3. The molecule has 0 aromatic heterocycles. The molecule has 1 aliphatic heterocycles. The second kappa shape index (κ2) is 6.92. The Kier molecular flexibility index (Phi) is 4.87. The third-order valence-electron chi connectivity index (χ3n) is 5.50. The molecule has 1 saturated carbocycles. The third kappa shape index (κ3) is 3.44. The molecule has 1 aromatic rings. The van der Waals surface area contributed by atoms with Gasteiger partial charge in [-0.05, 0) is 36.3 Å². The van der Waals surface area contributed by atoms with Crippen molar-refractivity contribution < 1.29 is 13.6 Å². The lowest BCUT2D eigenvalue weighted by Crippen LogP contribution is -2.30. The Morgan fingerprint density at radius 3 is 2.78 bits per heavy atom. The summed E-state index contributed by atoms with van der Waals surface area (Å²) in [7, 11) is 2.05. The highest BCUT2D eigenvalue weighted by Crippen LogP contribution is 2.52. The molecule has 4 rings (SSSR count). The zero-order valence-electron chi connectivity index (χ0n) is 15.2. The van der Waals surface area contributed by atoms with Crippen LogP contribution in [0, 0.1) is 5.92 Å². The van der Waals surface area contributed by atoms with Crippen LogP contribution in [-0.2, 0) is 0 Å². The topological polar surface area (TPSA) is 23.6 Å². The first-order valence-electron chi connectivity index (χ1n) is 9.05. The lowest BCUT2D eigenvalue weighted by Gasteiger charge is -2.27. The number of amides is 1. The smallest absolute Gasteiger partial charge is 0.286 e. The van der Waals surface area contributed by atoms with Gasteiger partial charge in [0.25, 0.3) is 11.2 Å². The van der Waals surface area contributed by atoms with E-state index in [1.54, 1.807) is 4.90 Å². The van der Waals surface area contributed by atoms with E-state index < -0.39 is 11.8 Å². The van der Waals surface area contributed by atoms with E-state index in [9.17, 15) is 13.6 Å². The summed E-state index contributed by atoms with van der Waals surface area (Å²) in [5.41, 5.74) is 4.18. The van der Waals surface area contributed by atoms with Crippen molar-refractivity contribution in [2.24, 2.45) is 5.92 Å². The van der Waals surface area contributed by atoms with Crippen molar-refractivity contribution in [2.75, 3.05) is 25.0 Å². The quantitative estimate of drug-likeness (QED) is 0.557. The average molecular weight is 455 g/mol. The molecule has 0 radical (unpaired) electrons. The molecule has 0 N–H and O–H groups in total. The number of hydrogen-bond acceptors (Lipinski definition) is 3. The predicted molar refractivity (Wildman–Crippen MR) is 111 cm³/mol. The van der Waals surface area contributed by atoms with Gasteiger partial charge in [0.05, 0.1) is 10.1 Å². The molecule has 3 aliphatic rings. The molecule has 1 saturated heterocycles. The summed E-state index contributed by atoms with van der Waals surface area (Å²) < 4.78 is 26.6. The normalized spacial score (nSPS) is 28.6. The van der Waals surface area contributed by atoms with Gasteiger partial charge in [-0.1, -0.05) is 45.9 Å². The van der Waals surface area contributed by atoms with Gasteiger partial charge in [0.1, 0.15) is 0 Å². The highest BCUT2D eigenvalue weighted by molar-refractivity contribution is 9.10. The fourth-order valence-corrected chi connectivity index (χ4v) is 5.67. The van der Waals surface area contributed by atoms with Crippen LogP contribution in [0.4, 0.5) is 19.3 Å². The molecule has 1 amide bonds. The van der Waals surface area contributed by atoms with E-state index in [0.29, 0.717) is 0 Å².